The molecule has 2 aliphatic rings. The van der Waals surface area contributed by atoms with Gasteiger partial charge in [0.15, 0.2) is 8.32 Å². The Morgan fingerprint density at radius 2 is 1.85 bits per heavy atom. The molecule has 8 heteroatoms. The van der Waals surface area contributed by atoms with E-state index >= 15 is 0 Å². The van der Waals surface area contributed by atoms with Crippen LogP contribution in [0.4, 0.5) is 4.79 Å². The summed E-state index contributed by atoms with van der Waals surface area (Å²) in [5.41, 5.74) is -0.500. The van der Waals surface area contributed by atoms with E-state index in [2.05, 4.69) is 39.2 Å². The lowest BCUT2D eigenvalue weighted by Crippen LogP contribution is -2.68. The number of carbonyl (C=O) groups is 3. The lowest BCUT2D eigenvalue weighted by atomic mass is 9.78. The van der Waals surface area contributed by atoms with Crippen molar-refractivity contribution in [1.29, 1.82) is 0 Å². The molecular weight excluding hydrogens is 380 g/mol. The van der Waals surface area contributed by atoms with Crippen LogP contribution < -0.4 is 5.32 Å². The molecule has 0 aromatic heterocycles. The van der Waals surface area contributed by atoms with E-state index in [1.54, 1.807) is 6.92 Å². The van der Waals surface area contributed by atoms with Crippen LogP contribution in [0.5, 0.6) is 0 Å². The Hall–Kier alpha value is -0.863. The Bertz CT molecular complexity index is 644. The maximum atomic E-state index is 13.0. The molecule has 2 fully saturated rings. The summed E-state index contributed by atoms with van der Waals surface area (Å²) in [6.07, 6.45) is -0.267. The third kappa shape index (κ3) is 4.12. The van der Waals surface area contributed by atoms with Crippen LogP contribution in [0.25, 0.3) is 0 Å². The highest BCUT2D eigenvalue weighted by Gasteiger charge is 2.53. The Morgan fingerprint density at radius 1 is 1.30 bits per heavy atom. The highest BCUT2D eigenvalue weighted by molar-refractivity contribution is 8.14. The summed E-state index contributed by atoms with van der Waals surface area (Å²) < 4.78 is 6.41. The number of carbonyl (C=O) groups excluding carboxylic acids is 3. The fraction of sp³-hybridized carbons (Fsp3) is 0.842. The smallest absolute Gasteiger partial charge is 0.288 e. The van der Waals surface area contributed by atoms with Crippen LogP contribution in [0.2, 0.25) is 18.1 Å². The first-order chi connectivity index (χ1) is 12.1. The number of amides is 3. The molecule has 27 heavy (non-hydrogen) atoms. The summed E-state index contributed by atoms with van der Waals surface area (Å²) in [5.74, 6) is -0.543. The van der Waals surface area contributed by atoms with Crippen LogP contribution in [0.15, 0.2) is 0 Å². The number of β-lactam (4-membered cyclic amide) rings is 1. The summed E-state index contributed by atoms with van der Waals surface area (Å²) >= 11 is 1.17. The second kappa shape index (κ2) is 7.19. The van der Waals surface area contributed by atoms with Gasteiger partial charge in [-0.1, -0.05) is 39.5 Å². The minimum atomic E-state index is -2.03. The Morgan fingerprint density at radius 3 is 2.26 bits per heavy atom. The first-order valence-electron chi connectivity index (χ1n) is 9.59. The number of nitrogens with one attached hydrogen (secondary N) is 1. The highest BCUT2D eigenvalue weighted by Crippen LogP contribution is 2.40. The van der Waals surface area contributed by atoms with Crippen molar-refractivity contribution in [3.63, 3.8) is 0 Å². The zero-order valence-electron chi connectivity index (χ0n) is 18.0. The molecule has 0 radical (unpaired) electrons. The maximum absolute atomic E-state index is 13.0. The van der Waals surface area contributed by atoms with Crippen LogP contribution in [-0.4, -0.2) is 53.7 Å². The summed E-state index contributed by atoms with van der Waals surface area (Å²) in [6, 6.07) is -0.307. The third-order valence-electron chi connectivity index (χ3n) is 6.28. The van der Waals surface area contributed by atoms with Gasteiger partial charge in [-0.25, -0.2) is 0 Å². The average Bonchev–Trinajstić information content (AvgIpc) is 2.74. The Balaban J connectivity index is 2.13. The predicted octanol–water partition coefficient (Wildman–Crippen LogP) is 3.62. The van der Waals surface area contributed by atoms with E-state index in [0.717, 1.165) is 0 Å². The van der Waals surface area contributed by atoms with Crippen LogP contribution in [0.1, 0.15) is 48.5 Å². The minimum absolute atomic E-state index is 0.0433. The van der Waals surface area contributed by atoms with E-state index in [1.165, 1.54) is 16.7 Å². The normalized spacial score (nSPS) is 27.8. The van der Waals surface area contributed by atoms with E-state index in [-0.39, 0.29) is 40.2 Å². The van der Waals surface area contributed by atoms with Gasteiger partial charge < -0.3 is 9.74 Å². The third-order valence-corrected chi connectivity index (χ3v) is 12.1. The molecule has 154 valence electrons. The van der Waals surface area contributed by atoms with E-state index < -0.39 is 19.8 Å². The van der Waals surface area contributed by atoms with Crippen molar-refractivity contribution in [1.82, 2.24) is 10.2 Å². The minimum Gasteiger partial charge on any atom is -0.413 e. The van der Waals surface area contributed by atoms with Gasteiger partial charge in [-0.2, -0.15) is 0 Å². The molecule has 0 spiro atoms. The zero-order chi connectivity index (χ0) is 20.9. The standard InChI is InChI=1S/C19H34N2O4SSi/c1-11(16(23)21-17(24)26-10-19(21,6)7)14-13(15(22)20-14)12(2)25-27(8,9)18(3,4)5/h11-14H,10H2,1-9H3,(H,20,22)/t11-,12-,13-,14-/m1/s1. The van der Waals surface area contributed by atoms with E-state index in [0.29, 0.717) is 5.75 Å². The molecule has 0 aromatic carbocycles. The number of hydrogen-bond acceptors (Lipinski definition) is 5. The van der Waals surface area contributed by atoms with Crippen LogP contribution >= 0.6 is 11.8 Å². The molecule has 0 aromatic rings. The van der Waals surface area contributed by atoms with Gasteiger partial charge in [-0.15, -0.1) is 0 Å². The highest BCUT2D eigenvalue weighted by atomic mass is 32.2. The van der Waals surface area contributed by atoms with Gasteiger partial charge in [-0.05, 0) is 38.9 Å². The second-order valence-corrected chi connectivity index (χ2v) is 15.7. The first-order valence-corrected chi connectivity index (χ1v) is 13.5. The van der Waals surface area contributed by atoms with Crippen LogP contribution in [-0.2, 0) is 14.0 Å². The van der Waals surface area contributed by atoms with Crippen molar-refractivity contribution in [2.24, 2.45) is 11.8 Å². The monoisotopic (exact) mass is 414 g/mol. The molecular formula is C19H34N2O4SSi. The van der Waals surface area contributed by atoms with E-state index in [1.807, 2.05) is 20.8 Å². The molecule has 2 rings (SSSR count). The summed E-state index contributed by atoms with van der Waals surface area (Å²) in [4.78, 5) is 38.9. The molecule has 0 saturated carbocycles. The second-order valence-electron chi connectivity index (χ2n) is 9.97. The van der Waals surface area contributed by atoms with Gasteiger partial charge in [-0.3, -0.25) is 19.3 Å². The molecule has 0 bridgehead atoms. The largest absolute Gasteiger partial charge is 0.413 e. The quantitative estimate of drug-likeness (QED) is 0.549. The van der Waals surface area contributed by atoms with Crippen LogP contribution in [0, 0.1) is 11.8 Å². The molecule has 1 N–H and O–H groups in total. The van der Waals surface area contributed by atoms with Crippen molar-refractivity contribution < 1.29 is 18.8 Å². The van der Waals surface area contributed by atoms with Crippen molar-refractivity contribution >= 4 is 37.1 Å². The molecule has 0 aliphatic carbocycles. The number of rotatable bonds is 5. The topological polar surface area (TPSA) is 75.7 Å². The first kappa shape index (κ1) is 22.4. The fourth-order valence-corrected chi connectivity index (χ4v) is 5.93. The van der Waals surface area contributed by atoms with Crippen molar-refractivity contribution in [3.05, 3.63) is 0 Å². The predicted molar refractivity (Wildman–Crippen MR) is 111 cm³/mol. The van der Waals surface area contributed by atoms with Gasteiger partial charge in [0.25, 0.3) is 5.24 Å². The van der Waals surface area contributed by atoms with Crippen molar-refractivity contribution in [2.75, 3.05) is 5.75 Å². The Kier molecular flexibility index (Phi) is 5.97. The zero-order valence-corrected chi connectivity index (χ0v) is 19.8. The fourth-order valence-electron chi connectivity index (χ4n) is 3.43. The van der Waals surface area contributed by atoms with Crippen molar-refractivity contribution in [2.45, 2.75) is 84.3 Å². The molecule has 3 amide bonds. The summed E-state index contributed by atoms with van der Waals surface area (Å²) in [5, 5.41) is 2.71. The molecule has 2 aliphatic heterocycles. The SMILES string of the molecule is C[C@@H](O[Si](C)(C)C(C)(C)C)[C@H]1C(=O)N[C@@H]1[C@@H](C)C(=O)N1C(=O)SCC1(C)C. The van der Waals surface area contributed by atoms with Gasteiger partial charge in [0.1, 0.15) is 0 Å². The van der Waals surface area contributed by atoms with Gasteiger partial charge in [0.2, 0.25) is 11.8 Å². The van der Waals surface area contributed by atoms with E-state index in [9.17, 15) is 14.4 Å². The van der Waals surface area contributed by atoms with E-state index in [4.69, 9.17) is 4.43 Å². The van der Waals surface area contributed by atoms with Gasteiger partial charge in [0.05, 0.1) is 29.5 Å². The average molecular weight is 415 g/mol. The number of nitrogens with zero attached hydrogens (tertiary/aromatic N) is 1. The van der Waals surface area contributed by atoms with Gasteiger partial charge in [0, 0.05) is 5.75 Å². The van der Waals surface area contributed by atoms with Crippen LogP contribution in [0.3, 0.4) is 0 Å². The number of thioether (sulfide) groups is 1. The molecule has 0 unspecified atom stereocenters. The summed E-state index contributed by atoms with van der Waals surface area (Å²) in [7, 11) is -2.03. The lowest BCUT2D eigenvalue weighted by Gasteiger charge is -2.47. The maximum Gasteiger partial charge on any atom is 0.288 e. The summed E-state index contributed by atoms with van der Waals surface area (Å²) in [6.45, 7) is 18.3. The molecule has 2 heterocycles. The number of hydrogen-bond donors (Lipinski definition) is 1. The lowest BCUT2D eigenvalue weighted by molar-refractivity contribution is -0.147. The Labute approximate surface area is 168 Å². The molecule has 6 nitrogen and oxygen atoms in total. The van der Waals surface area contributed by atoms with Crippen molar-refractivity contribution in [3.8, 4) is 0 Å². The van der Waals surface area contributed by atoms with Gasteiger partial charge >= 0.3 is 0 Å². The molecule has 4 atom stereocenters. The molecule has 2 saturated heterocycles. The number of imide groups is 1.